The van der Waals surface area contributed by atoms with Crippen molar-refractivity contribution in [1.82, 2.24) is 10.2 Å². The number of nitrogen functional groups attached to an aromatic ring is 1. The minimum absolute atomic E-state index is 0.0195. The van der Waals surface area contributed by atoms with E-state index in [1.807, 2.05) is 13.8 Å². The first-order chi connectivity index (χ1) is 9.72. The Bertz CT molecular complexity index is 772. The number of sulfonamides is 1. The molecule has 0 aliphatic carbocycles. The summed E-state index contributed by atoms with van der Waals surface area (Å²) in [4.78, 5) is -0.153. The number of H-pyrrole nitrogens is 1. The number of rotatable bonds is 4. The van der Waals surface area contributed by atoms with Crippen LogP contribution in [-0.4, -0.2) is 18.6 Å². The Morgan fingerprint density at radius 1 is 1.33 bits per heavy atom. The van der Waals surface area contributed by atoms with Gasteiger partial charge in [0.05, 0.1) is 15.7 Å². The molecule has 1 heterocycles. The largest absolute Gasteiger partial charge is 0.396 e. The number of anilines is 2. The second-order valence-electron chi connectivity index (χ2n) is 4.74. The van der Waals surface area contributed by atoms with Gasteiger partial charge in [0.25, 0.3) is 10.0 Å². The van der Waals surface area contributed by atoms with Crippen molar-refractivity contribution in [3.05, 3.63) is 33.9 Å². The summed E-state index contributed by atoms with van der Waals surface area (Å²) in [5, 5.41) is 6.74. The standard InChI is InChI=1S/C12H14Cl2N4O2S/c1-6(2)8-5-10(17-16-8)18-21(19,20)9-4-3-7(13)12(15)11(9)14/h3-6H,15H2,1-2H3,(H2,16,17,18). The number of aromatic amines is 1. The lowest BCUT2D eigenvalue weighted by atomic mass is 10.1. The highest BCUT2D eigenvalue weighted by Crippen LogP contribution is 2.33. The minimum Gasteiger partial charge on any atom is -0.396 e. The molecule has 0 amide bonds. The number of halogens is 2. The Hall–Kier alpha value is -1.44. The first-order valence-electron chi connectivity index (χ1n) is 6.04. The number of nitrogens with one attached hydrogen (secondary N) is 2. The highest BCUT2D eigenvalue weighted by Gasteiger charge is 2.22. The zero-order chi connectivity index (χ0) is 15.8. The number of hydrogen-bond acceptors (Lipinski definition) is 4. The van der Waals surface area contributed by atoms with Crippen molar-refractivity contribution in [1.29, 1.82) is 0 Å². The van der Waals surface area contributed by atoms with Crippen LogP contribution in [0.3, 0.4) is 0 Å². The smallest absolute Gasteiger partial charge is 0.264 e. The number of nitrogens with two attached hydrogens (primary N) is 1. The molecular formula is C12H14Cl2N4O2S. The number of nitrogens with zero attached hydrogens (tertiary/aromatic N) is 1. The van der Waals surface area contributed by atoms with Crippen LogP contribution in [0.15, 0.2) is 23.1 Å². The van der Waals surface area contributed by atoms with Crippen LogP contribution in [0, 0.1) is 0 Å². The molecule has 0 bridgehead atoms. The van der Waals surface area contributed by atoms with Gasteiger partial charge in [-0.2, -0.15) is 5.10 Å². The van der Waals surface area contributed by atoms with Crippen LogP contribution < -0.4 is 10.5 Å². The fraction of sp³-hybridized carbons (Fsp3) is 0.250. The molecule has 2 aromatic rings. The van der Waals surface area contributed by atoms with Crippen LogP contribution in [0.25, 0.3) is 0 Å². The lowest BCUT2D eigenvalue weighted by Gasteiger charge is -2.09. The van der Waals surface area contributed by atoms with Crippen LogP contribution in [0.1, 0.15) is 25.5 Å². The highest BCUT2D eigenvalue weighted by atomic mass is 35.5. The monoisotopic (exact) mass is 348 g/mol. The zero-order valence-corrected chi connectivity index (χ0v) is 13.6. The third-order valence-electron chi connectivity index (χ3n) is 2.84. The minimum atomic E-state index is -3.90. The van der Waals surface area contributed by atoms with Gasteiger partial charge in [-0.05, 0) is 18.1 Å². The van der Waals surface area contributed by atoms with Crippen LogP contribution in [0.4, 0.5) is 11.5 Å². The molecule has 2 rings (SSSR count). The van der Waals surface area contributed by atoms with E-state index in [1.165, 1.54) is 12.1 Å². The summed E-state index contributed by atoms with van der Waals surface area (Å²) in [6, 6.07) is 4.29. The molecule has 0 atom stereocenters. The average Bonchev–Trinajstić information content (AvgIpc) is 2.83. The van der Waals surface area contributed by atoms with Gasteiger partial charge in [0.15, 0.2) is 5.82 Å². The van der Waals surface area contributed by atoms with Gasteiger partial charge < -0.3 is 5.73 Å². The van der Waals surface area contributed by atoms with Crippen LogP contribution in [0.2, 0.25) is 10.0 Å². The summed E-state index contributed by atoms with van der Waals surface area (Å²) in [6.07, 6.45) is 0. The van der Waals surface area contributed by atoms with E-state index in [4.69, 9.17) is 28.9 Å². The van der Waals surface area contributed by atoms with Gasteiger partial charge in [-0.1, -0.05) is 37.0 Å². The van der Waals surface area contributed by atoms with Crippen LogP contribution in [0.5, 0.6) is 0 Å². The zero-order valence-electron chi connectivity index (χ0n) is 11.3. The van der Waals surface area contributed by atoms with E-state index >= 15 is 0 Å². The molecule has 0 aliphatic rings. The van der Waals surface area contributed by atoms with Crippen LogP contribution in [-0.2, 0) is 10.0 Å². The van der Waals surface area contributed by atoms with Crippen LogP contribution >= 0.6 is 23.2 Å². The molecule has 21 heavy (non-hydrogen) atoms. The molecule has 114 valence electrons. The molecule has 0 spiro atoms. The van der Waals surface area contributed by atoms with Gasteiger partial charge in [0, 0.05) is 11.8 Å². The number of hydrogen-bond donors (Lipinski definition) is 3. The number of aromatic nitrogens is 2. The Balaban J connectivity index is 2.36. The maximum Gasteiger partial charge on any atom is 0.264 e. The highest BCUT2D eigenvalue weighted by molar-refractivity contribution is 7.92. The second kappa shape index (κ2) is 5.75. The van der Waals surface area contributed by atoms with Gasteiger partial charge in [0.1, 0.15) is 4.90 Å². The SMILES string of the molecule is CC(C)c1cc(NS(=O)(=O)c2ccc(Cl)c(N)c2Cl)n[nH]1. The molecule has 6 nitrogen and oxygen atoms in total. The van der Waals surface area contributed by atoms with Crippen molar-refractivity contribution in [2.45, 2.75) is 24.7 Å². The molecule has 0 saturated carbocycles. The van der Waals surface area contributed by atoms with E-state index in [-0.39, 0.29) is 32.4 Å². The van der Waals surface area contributed by atoms with E-state index in [2.05, 4.69) is 14.9 Å². The van der Waals surface area contributed by atoms with Crippen molar-refractivity contribution in [2.24, 2.45) is 0 Å². The molecule has 1 aromatic heterocycles. The third kappa shape index (κ3) is 3.25. The molecule has 4 N–H and O–H groups in total. The average molecular weight is 349 g/mol. The fourth-order valence-electron chi connectivity index (χ4n) is 1.63. The molecule has 1 aromatic carbocycles. The van der Waals surface area contributed by atoms with Crippen molar-refractivity contribution in [2.75, 3.05) is 10.5 Å². The van der Waals surface area contributed by atoms with E-state index in [9.17, 15) is 8.42 Å². The fourth-order valence-corrected chi connectivity index (χ4v) is 3.39. The Morgan fingerprint density at radius 3 is 2.57 bits per heavy atom. The molecule has 0 radical (unpaired) electrons. The first-order valence-corrected chi connectivity index (χ1v) is 8.28. The van der Waals surface area contributed by atoms with Gasteiger partial charge in [-0.15, -0.1) is 0 Å². The van der Waals surface area contributed by atoms with Gasteiger partial charge in [0.2, 0.25) is 0 Å². The predicted octanol–water partition coefficient (Wildman–Crippen LogP) is 3.22. The lowest BCUT2D eigenvalue weighted by Crippen LogP contribution is -2.14. The normalized spacial score (nSPS) is 11.9. The van der Waals surface area contributed by atoms with Gasteiger partial charge >= 0.3 is 0 Å². The topological polar surface area (TPSA) is 101 Å². The molecule has 0 aliphatic heterocycles. The Morgan fingerprint density at radius 2 is 2.00 bits per heavy atom. The van der Waals surface area contributed by atoms with Crippen molar-refractivity contribution < 1.29 is 8.42 Å². The summed E-state index contributed by atoms with van der Waals surface area (Å²) in [5.41, 5.74) is 6.47. The Kier molecular flexibility index (Phi) is 4.36. The van der Waals surface area contributed by atoms with Crippen molar-refractivity contribution in [3.8, 4) is 0 Å². The predicted molar refractivity (Wildman–Crippen MR) is 84.4 cm³/mol. The first kappa shape index (κ1) is 15.9. The summed E-state index contributed by atoms with van der Waals surface area (Å²) in [5.74, 6) is 0.383. The third-order valence-corrected chi connectivity index (χ3v) is 5.09. The van der Waals surface area contributed by atoms with Gasteiger partial charge in [-0.25, -0.2) is 8.42 Å². The molecule has 0 fully saturated rings. The van der Waals surface area contributed by atoms with Crippen molar-refractivity contribution >= 4 is 44.7 Å². The van der Waals surface area contributed by atoms with Crippen molar-refractivity contribution in [3.63, 3.8) is 0 Å². The molecule has 9 heteroatoms. The van der Waals surface area contributed by atoms with E-state index in [0.29, 0.717) is 0 Å². The second-order valence-corrected chi connectivity index (χ2v) is 7.18. The van der Waals surface area contributed by atoms with E-state index < -0.39 is 10.0 Å². The Labute approximate surface area is 132 Å². The molecular weight excluding hydrogens is 335 g/mol. The summed E-state index contributed by atoms with van der Waals surface area (Å²) in [7, 11) is -3.90. The number of benzene rings is 1. The maximum atomic E-state index is 12.3. The summed E-state index contributed by atoms with van der Waals surface area (Å²) < 4.78 is 27.0. The summed E-state index contributed by atoms with van der Waals surface area (Å²) in [6.45, 7) is 3.92. The maximum absolute atomic E-state index is 12.3. The lowest BCUT2D eigenvalue weighted by molar-refractivity contribution is 0.601. The molecule has 0 unspecified atom stereocenters. The quantitative estimate of drug-likeness (QED) is 0.738. The van der Waals surface area contributed by atoms with E-state index in [0.717, 1.165) is 5.69 Å². The summed E-state index contributed by atoms with van der Waals surface area (Å²) >= 11 is 11.7. The molecule has 0 saturated heterocycles. The van der Waals surface area contributed by atoms with Gasteiger partial charge in [-0.3, -0.25) is 9.82 Å². The van der Waals surface area contributed by atoms with E-state index in [1.54, 1.807) is 6.07 Å².